The van der Waals surface area contributed by atoms with Crippen LogP contribution in [0.1, 0.15) is 19.3 Å². The van der Waals surface area contributed by atoms with Crippen LogP contribution in [-0.2, 0) is 4.79 Å². The standard InChI is InChI=1S/C7H15N3O/c1-10-5-2-3-7(9,4-5)6(8)11/h5,10H,2-4,9H2,1H3,(H2,8,11). The van der Waals surface area contributed by atoms with E-state index < -0.39 is 5.54 Å². The van der Waals surface area contributed by atoms with Crippen LogP contribution in [0.15, 0.2) is 0 Å². The molecule has 0 radical (unpaired) electrons. The Labute approximate surface area is 66.3 Å². The second-order valence-corrected chi connectivity index (χ2v) is 3.25. The summed E-state index contributed by atoms with van der Waals surface area (Å²) in [5.74, 6) is -0.379. The fourth-order valence-corrected chi connectivity index (χ4v) is 1.55. The Balaban J connectivity index is 2.57. The van der Waals surface area contributed by atoms with E-state index >= 15 is 0 Å². The number of hydrogen-bond acceptors (Lipinski definition) is 3. The van der Waals surface area contributed by atoms with Crippen LogP contribution in [0.4, 0.5) is 0 Å². The van der Waals surface area contributed by atoms with Crippen molar-refractivity contribution in [2.45, 2.75) is 30.8 Å². The van der Waals surface area contributed by atoms with Crippen LogP contribution in [0.2, 0.25) is 0 Å². The lowest BCUT2D eigenvalue weighted by Gasteiger charge is -2.19. The molecule has 0 aromatic carbocycles. The Morgan fingerprint density at radius 2 is 2.36 bits per heavy atom. The topological polar surface area (TPSA) is 81.1 Å². The van der Waals surface area contributed by atoms with Crippen molar-refractivity contribution in [2.75, 3.05) is 7.05 Å². The molecule has 0 aliphatic heterocycles. The zero-order chi connectivity index (χ0) is 8.48. The van der Waals surface area contributed by atoms with Crippen molar-refractivity contribution in [3.8, 4) is 0 Å². The quantitative estimate of drug-likeness (QED) is 0.478. The normalized spacial score (nSPS) is 37.5. The van der Waals surface area contributed by atoms with Gasteiger partial charge < -0.3 is 16.8 Å². The Bertz CT molecular complexity index is 171. The maximum Gasteiger partial charge on any atom is 0.237 e. The molecule has 4 nitrogen and oxygen atoms in total. The zero-order valence-electron chi connectivity index (χ0n) is 6.76. The maximum atomic E-state index is 10.9. The van der Waals surface area contributed by atoms with E-state index in [-0.39, 0.29) is 5.91 Å². The number of nitrogens with one attached hydrogen (secondary N) is 1. The minimum absolute atomic E-state index is 0.354. The molecule has 64 valence electrons. The summed E-state index contributed by atoms with van der Waals surface area (Å²) in [5, 5.41) is 3.09. The summed E-state index contributed by atoms with van der Waals surface area (Å²) in [7, 11) is 1.87. The van der Waals surface area contributed by atoms with Crippen molar-refractivity contribution >= 4 is 5.91 Å². The molecule has 1 saturated carbocycles. The van der Waals surface area contributed by atoms with Gasteiger partial charge in [0.2, 0.25) is 5.91 Å². The van der Waals surface area contributed by atoms with Crippen LogP contribution < -0.4 is 16.8 Å². The number of primary amides is 1. The van der Waals surface area contributed by atoms with E-state index in [0.717, 1.165) is 6.42 Å². The van der Waals surface area contributed by atoms with Crippen molar-refractivity contribution in [2.24, 2.45) is 11.5 Å². The number of amides is 1. The van der Waals surface area contributed by atoms with Crippen LogP contribution in [0.5, 0.6) is 0 Å². The Morgan fingerprint density at radius 1 is 1.73 bits per heavy atom. The van der Waals surface area contributed by atoms with Gasteiger partial charge in [-0.25, -0.2) is 0 Å². The molecule has 0 aromatic heterocycles. The first-order chi connectivity index (χ1) is 5.08. The summed E-state index contributed by atoms with van der Waals surface area (Å²) < 4.78 is 0. The Kier molecular flexibility index (Phi) is 2.15. The van der Waals surface area contributed by atoms with E-state index in [0.29, 0.717) is 18.9 Å². The van der Waals surface area contributed by atoms with Crippen molar-refractivity contribution in [3.05, 3.63) is 0 Å². The highest BCUT2D eigenvalue weighted by atomic mass is 16.1. The first-order valence-electron chi connectivity index (χ1n) is 3.84. The van der Waals surface area contributed by atoms with Gasteiger partial charge in [0, 0.05) is 6.04 Å². The molecule has 1 aliphatic carbocycles. The summed E-state index contributed by atoms with van der Waals surface area (Å²) in [6.07, 6.45) is 2.31. The molecule has 11 heavy (non-hydrogen) atoms. The molecule has 0 saturated heterocycles. The smallest absolute Gasteiger partial charge is 0.237 e. The average molecular weight is 157 g/mol. The fourth-order valence-electron chi connectivity index (χ4n) is 1.55. The number of carbonyl (C=O) groups excluding carboxylic acids is 1. The van der Waals surface area contributed by atoms with Gasteiger partial charge >= 0.3 is 0 Å². The molecule has 2 unspecified atom stereocenters. The average Bonchev–Trinajstić information content (AvgIpc) is 2.33. The van der Waals surface area contributed by atoms with Crippen molar-refractivity contribution in [1.29, 1.82) is 0 Å². The molecule has 0 spiro atoms. The SMILES string of the molecule is CNC1CCC(N)(C(N)=O)C1. The second kappa shape index (κ2) is 2.79. The molecule has 2 atom stereocenters. The summed E-state index contributed by atoms with van der Waals surface area (Å²) in [4.78, 5) is 10.9. The lowest BCUT2D eigenvalue weighted by molar-refractivity contribution is -0.122. The summed E-state index contributed by atoms with van der Waals surface area (Å²) in [6, 6.07) is 0.354. The number of carbonyl (C=O) groups is 1. The Hall–Kier alpha value is -0.610. The van der Waals surface area contributed by atoms with E-state index in [4.69, 9.17) is 11.5 Å². The molecule has 1 amide bonds. The lowest BCUT2D eigenvalue weighted by atomic mass is 9.98. The first-order valence-corrected chi connectivity index (χ1v) is 3.84. The molecule has 1 rings (SSSR count). The fraction of sp³-hybridized carbons (Fsp3) is 0.857. The molecule has 0 aromatic rings. The predicted molar refractivity (Wildman–Crippen MR) is 42.8 cm³/mol. The highest BCUT2D eigenvalue weighted by molar-refractivity contribution is 5.84. The highest BCUT2D eigenvalue weighted by Gasteiger charge is 2.39. The van der Waals surface area contributed by atoms with Crippen LogP contribution in [-0.4, -0.2) is 24.5 Å². The van der Waals surface area contributed by atoms with Crippen LogP contribution >= 0.6 is 0 Å². The van der Waals surface area contributed by atoms with Crippen LogP contribution in [0, 0.1) is 0 Å². The van der Waals surface area contributed by atoms with Gasteiger partial charge in [-0.1, -0.05) is 0 Å². The third-order valence-corrected chi connectivity index (χ3v) is 2.45. The minimum Gasteiger partial charge on any atom is -0.368 e. The second-order valence-electron chi connectivity index (χ2n) is 3.25. The highest BCUT2D eigenvalue weighted by Crippen LogP contribution is 2.26. The number of nitrogens with two attached hydrogens (primary N) is 2. The van der Waals surface area contributed by atoms with Gasteiger partial charge in [0.25, 0.3) is 0 Å². The van der Waals surface area contributed by atoms with Crippen molar-refractivity contribution in [3.63, 3.8) is 0 Å². The van der Waals surface area contributed by atoms with E-state index in [2.05, 4.69) is 5.32 Å². The summed E-state index contributed by atoms with van der Waals surface area (Å²) in [6.45, 7) is 0. The van der Waals surface area contributed by atoms with Crippen molar-refractivity contribution in [1.82, 2.24) is 5.32 Å². The van der Waals surface area contributed by atoms with Gasteiger partial charge in [-0.3, -0.25) is 4.79 Å². The first kappa shape index (κ1) is 8.49. The number of hydrogen-bond donors (Lipinski definition) is 3. The number of rotatable bonds is 2. The van der Waals surface area contributed by atoms with Gasteiger partial charge in [0.05, 0.1) is 5.54 Å². The maximum absolute atomic E-state index is 10.9. The third-order valence-electron chi connectivity index (χ3n) is 2.45. The third kappa shape index (κ3) is 1.52. The van der Waals surface area contributed by atoms with E-state index in [1.807, 2.05) is 7.05 Å². The molecule has 4 heteroatoms. The molecule has 0 bridgehead atoms. The molecular formula is C7H15N3O. The lowest BCUT2D eigenvalue weighted by Crippen LogP contribution is -2.50. The largest absolute Gasteiger partial charge is 0.368 e. The van der Waals surface area contributed by atoms with E-state index in [9.17, 15) is 4.79 Å². The van der Waals surface area contributed by atoms with Crippen molar-refractivity contribution < 1.29 is 4.79 Å². The van der Waals surface area contributed by atoms with Gasteiger partial charge in [0.1, 0.15) is 0 Å². The van der Waals surface area contributed by atoms with E-state index in [1.54, 1.807) is 0 Å². The van der Waals surface area contributed by atoms with E-state index in [1.165, 1.54) is 0 Å². The molecule has 1 fully saturated rings. The zero-order valence-corrected chi connectivity index (χ0v) is 6.76. The van der Waals surface area contributed by atoms with Gasteiger partial charge in [0.15, 0.2) is 0 Å². The molecule has 5 N–H and O–H groups in total. The van der Waals surface area contributed by atoms with Crippen LogP contribution in [0.3, 0.4) is 0 Å². The van der Waals surface area contributed by atoms with Gasteiger partial charge in [-0.15, -0.1) is 0 Å². The summed E-state index contributed by atoms with van der Waals surface area (Å²) >= 11 is 0. The predicted octanol–water partition coefficient (Wildman–Crippen LogP) is -1.06. The monoisotopic (exact) mass is 157 g/mol. The molecule has 1 aliphatic rings. The Morgan fingerprint density at radius 3 is 2.64 bits per heavy atom. The van der Waals surface area contributed by atoms with Gasteiger partial charge in [-0.05, 0) is 26.3 Å². The van der Waals surface area contributed by atoms with Gasteiger partial charge in [-0.2, -0.15) is 0 Å². The molecular weight excluding hydrogens is 142 g/mol. The minimum atomic E-state index is -0.756. The summed E-state index contributed by atoms with van der Waals surface area (Å²) in [5.41, 5.74) is 10.2. The molecule has 0 heterocycles. The van der Waals surface area contributed by atoms with Crippen LogP contribution in [0.25, 0.3) is 0 Å².